The van der Waals surface area contributed by atoms with Crippen LogP contribution in [0.4, 0.5) is 0 Å². The molecule has 0 fully saturated rings. The van der Waals surface area contributed by atoms with E-state index in [-0.39, 0.29) is 3.12 Å². The van der Waals surface area contributed by atoms with Gasteiger partial charge >= 0.3 is 158 Å². The summed E-state index contributed by atoms with van der Waals surface area (Å²) in [6, 6.07) is 8.87. The van der Waals surface area contributed by atoms with Gasteiger partial charge in [0, 0.05) is 0 Å². The van der Waals surface area contributed by atoms with Crippen LogP contribution in [0.3, 0.4) is 0 Å². The minimum atomic E-state index is -2.95. The van der Waals surface area contributed by atoms with Crippen LogP contribution in [0.1, 0.15) is 55.8 Å². The summed E-state index contributed by atoms with van der Waals surface area (Å²) in [4.78, 5) is 0. The van der Waals surface area contributed by atoms with Gasteiger partial charge in [-0.05, 0) is 0 Å². The topological polar surface area (TPSA) is 0 Å². The standard InChI is InChI=1S/C11H17.C9H7.2BrH.Zr/c1-6-11-9(4)7(2)8(3)10(11)5;1-2-5-9-7-3-6-8(9)4-1;;;/h6H2,1-5H3;1-7H;2*1H;/q;;;;+2/p-2. The van der Waals surface area contributed by atoms with Crippen molar-refractivity contribution in [1.29, 1.82) is 0 Å². The molecule has 2 aliphatic rings. The van der Waals surface area contributed by atoms with Crippen molar-refractivity contribution in [3.8, 4) is 0 Å². The molecule has 2 aliphatic carbocycles. The van der Waals surface area contributed by atoms with Crippen molar-refractivity contribution in [2.24, 2.45) is 0 Å². The summed E-state index contributed by atoms with van der Waals surface area (Å²) in [6.07, 6.45) is 5.91. The molecule has 23 heavy (non-hydrogen) atoms. The first-order valence-corrected chi connectivity index (χ1v) is 22.2. The number of hydrogen-bond acceptors (Lipinski definition) is 0. The van der Waals surface area contributed by atoms with E-state index in [0.29, 0.717) is 3.63 Å². The van der Waals surface area contributed by atoms with E-state index in [1.807, 2.05) is 0 Å². The zero-order valence-electron chi connectivity index (χ0n) is 14.5. The molecule has 0 nitrogen and oxygen atoms in total. The van der Waals surface area contributed by atoms with Gasteiger partial charge in [0.1, 0.15) is 0 Å². The van der Waals surface area contributed by atoms with Crippen LogP contribution in [-0.4, -0.2) is 0 Å². The molecule has 3 heteroatoms. The van der Waals surface area contributed by atoms with Crippen molar-refractivity contribution in [3.05, 3.63) is 63.8 Å². The molecule has 0 aliphatic heterocycles. The molecular weight excluding hydrogens is 491 g/mol. The minimum absolute atomic E-state index is 0.204. The number of allylic oxidation sites excluding steroid dienone is 5. The number of hydrogen-bond donors (Lipinski definition) is 0. The van der Waals surface area contributed by atoms with Gasteiger partial charge in [0.05, 0.1) is 0 Å². The average molecular weight is 515 g/mol. The number of rotatable bonds is 3. The summed E-state index contributed by atoms with van der Waals surface area (Å²) < 4.78 is 0.721. The Balaban J connectivity index is 2.19. The van der Waals surface area contributed by atoms with E-state index in [9.17, 15) is 0 Å². The summed E-state index contributed by atoms with van der Waals surface area (Å²) >= 11 is 5.78. The Hall–Kier alpha value is 0.283. The van der Waals surface area contributed by atoms with Crippen molar-refractivity contribution < 1.29 is 15.6 Å². The summed E-state index contributed by atoms with van der Waals surface area (Å²) in [7, 11) is 0. The van der Waals surface area contributed by atoms with Crippen LogP contribution >= 0.6 is 24.4 Å². The van der Waals surface area contributed by atoms with Crippen molar-refractivity contribution in [2.45, 2.75) is 47.8 Å². The van der Waals surface area contributed by atoms with Crippen molar-refractivity contribution in [2.75, 3.05) is 0 Å². The van der Waals surface area contributed by atoms with E-state index >= 15 is 0 Å². The van der Waals surface area contributed by atoms with Gasteiger partial charge in [0.2, 0.25) is 0 Å². The molecule has 122 valence electrons. The van der Waals surface area contributed by atoms with Gasteiger partial charge < -0.3 is 0 Å². The maximum atomic E-state index is 4.37. The first-order chi connectivity index (χ1) is 10.8. The van der Waals surface area contributed by atoms with Gasteiger partial charge in [0.25, 0.3) is 0 Å². The third-order valence-corrected chi connectivity index (χ3v) is 28.8. The monoisotopic (exact) mass is 512 g/mol. The second-order valence-electron chi connectivity index (χ2n) is 6.85. The van der Waals surface area contributed by atoms with Crippen LogP contribution in [0.5, 0.6) is 0 Å². The molecule has 0 bridgehead atoms. The molecule has 0 heterocycles. The normalized spacial score (nSPS) is 23.0. The van der Waals surface area contributed by atoms with Gasteiger partial charge in [-0.2, -0.15) is 0 Å². The maximum absolute atomic E-state index is 4.37. The Labute approximate surface area is 156 Å². The van der Waals surface area contributed by atoms with Crippen molar-refractivity contribution >= 4 is 30.5 Å². The molecule has 0 saturated heterocycles. The van der Waals surface area contributed by atoms with Gasteiger partial charge in [-0.15, -0.1) is 0 Å². The van der Waals surface area contributed by atoms with Crippen LogP contribution in [0.15, 0.2) is 52.6 Å². The molecule has 0 radical (unpaired) electrons. The number of halogens is 2. The van der Waals surface area contributed by atoms with Crippen LogP contribution in [0.25, 0.3) is 6.08 Å². The molecule has 0 saturated carbocycles. The van der Waals surface area contributed by atoms with E-state index in [4.69, 9.17) is 0 Å². The van der Waals surface area contributed by atoms with E-state index in [1.165, 1.54) is 28.7 Å². The Morgan fingerprint density at radius 1 is 1.00 bits per heavy atom. The summed E-state index contributed by atoms with van der Waals surface area (Å²) in [5, 5.41) is 0. The number of fused-ring (bicyclic) bond motifs is 1. The van der Waals surface area contributed by atoms with Crippen LogP contribution in [-0.2, 0) is 15.6 Å². The molecule has 0 amide bonds. The molecular formula is C20H24Br2Zr. The third kappa shape index (κ3) is 2.36. The quantitative estimate of drug-likeness (QED) is 0.386. The first kappa shape index (κ1) is 18.1. The zero-order chi connectivity index (χ0) is 17.0. The summed E-state index contributed by atoms with van der Waals surface area (Å²) in [5.74, 6) is 0. The Bertz CT molecular complexity index is 729. The SMILES string of the molecule is CC[C]1([Zr]([Br])([Br])[CH]2C=Cc3ccccc32)C(C)=C(C)C(C)=C1C. The zero-order valence-corrected chi connectivity index (χ0v) is 20.1. The van der Waals surface area contributed by atoms with E-state index in [2.05, 4.69) is 95.5 Å². The molecule has 1 aromatic carbocycles. The molecule has 0 aromatic heterocycles. The van der Waals surface area contributed by atoms with Crippen LogP contribution in [0, 0.1) is 0 Å². The Morgan fingerprint density at radius 2 is 1.57 bits per heavy atom. The Kier molecular flexibility index (Phi) is 4.89. The van der Waals surface area contributed by atoms with Gasteiger partial charge in [0.15, 0.2) is 0 Å². The fourth-order valence-corrected chi connectivity index (χ4v) is 27.9. The second-order valence-corrected chi connectivity index (χ2v) is 34.6. The molecule has 0 spiro atoms. The molecule has 1 aromatic rings. The molecule has 1 atom stereocenters. The van der Waals surface area contributed by atoms with Gasteiger partial charge in [-0.3, -0.25) is 0 Å². The summed E-state index contributed by atoms with van der Waals surface area (Å²) in [6.45, 7) is 11.7. The van der Waals surface area contributed by atoms with Gasteiger partial charge in [-0.25, -0.2) is 0 Å². The fourth-order valence-electron chi connectivity index (χ4n) is 4.58. The van der Waals surface area contributed by atoms with E-state index in [1.54, 1.807) is 11.1 Å². The van der Waals surface area contributed by atoms with Crippen LogP contribution in [0.2, 0.25) is 3.12 Å². The molecule has 0 N–H and O–H groups in total. The van der Waals surface area contributed by atoms with Crippen LogP contribution < -0.4 is 0 Å². The number of benzene rings is 1. The van der Waals surface area contributed by atoms with E-state index in [0.717, 1.165) is 0 Å². The second kappa shape index (κ2) is 6.22. The van der Waals surface area contributed by atoms with E-state index < -0.39 is 15.6 Å². The molecule has 3 rings (SSSR count). The van der Waals surface area contributed by atoms with Crippen molar-refractivity contribution in [1.82, 2.24) is 0 Å². The molecule has 1 unspecified atom stereocenters. The predicted octanol–water partition coefficient (Wildman–Crippen LogP) is 7.78. The fraction of sp³-hybridized carbons (Fsp3) is 0.400. The first-order valence-electron chi connectivity index (χ1n) is 8.30. The summed E-state index contributed by atoms with van der Waals surface area (Å²) in [5.41, 5.74) is 9.04. The third-order valence-electron chi connectivity index (χ3n) is 6.26. The predicted molar refractivity (Wildman–Crippen MR) is 106 cm³/mol. The Morgan fingerprint density at radius 3 is 2.13 bits per heavy atom. The van der Waals surface area contributed by atoms with Crippen molar-refractivity contribution in [3.63, 3.8) is 0 Å². The average Bonchev–Trinajstić information content (AvgIpc) is 3.04. The van der Waals surface area contributed by atoms with Gasteiger partial charge in [-0.1, -0.05) is 0 Å².